The fourth-order valence-corrected chi connectivity index (χ4v) is 2.58. The van der Waals surface area contributed by atoms with Crippen LogP contribution in [0.15, 0.2) is 5.38 Å². The van der Waals surface area contributed by atoms with Crippen LogP contribution < -0.4 is 4.90 Å². The molecule has 0 aliphatic carbocycles. The number of thiazole rings is 1. The van der Waals surface area contributed by atoms with Crippen molar-refractivity contribution in [3.05, 3.63) is 5.38 Å². The van der Waals surface area contributed by atoms with Crippen LogP contribution in [0.2, 0.25) is 0 Å². The van der Waals surface area contributed by atoms with Gasteiger partial charge in [-0.25, -0.2) is 0 Å². The maximum Gasteiger partial charge on any atom is 0.223 e. The van der Waals surface area contributed by atoms with E-state index in [0.717, 1.165) is 18.1 Å². The number of hydrogen-bond donors (Lipinski definition) is 2. The smallest absolute Gasteiger partial charge is 0.223 e. The van der Waals surface area contributed by atoms with E-state index in [2.05, 4.69) is 11.9 Å². The van der Waals surface area contributed by atoms with Gasteiger partial charge in [0.25, 0.3) is 0 Å². The molecule has 1 aromatic rings. The molecule has 2 rings (SSSR count). The highest BCUT2D eigenvalue weighted by Gasteiger charge is 2.24. The summed E-state index contributed by atoms with van der Waals surface area (Å²) in [6.07, 6.45) is 0.582. The van der Waals surface area contributed by atoms with Crippen molar-refractivity contribution in [3.63, 3.8) is 0 Å². The van der Waals surface area contributed by atoms with Gasteiger partial charge in [-0.15, -0.1) is 11.3 Å². The van der Waals surface area contributed by atoms with Crippen LogP contribution in [0.4, 0.5) is 5.13 Å². The van der Waals surface area contributed by atoms with Crippen LogP contribution in [0, 0.1) is 5.92 Å². The number of nitrogens with zero attached hydrogens (tertiary/aromatic N) is 2. The standard InChI is InChI=1S/C9H14N2O2S/c1-6-2-7(12)4-11(3-6)9-10-8(13)5-14-9/h5-7,12-13H,2-4H2,1H3/t6-,7+/m1/s1. The van der Waals surface area contributed by atoms with Crippen molar-refractivity contribution in [2.24, 2.45) is 5.92 Å². The molecule has 1 aliphatic heterocycles. The van der Waals surface area contributed by atoms with Gasteiger partial charge in [0.05, 0.1) is 11.5 Å². The van der Waals surface area contributed by atoms with Gasteiger partial charge in [-0.1, -0.05) is 6.92 Å². The number of anilines is 1. The summed E-state index contributed by atoms with van der Waals surface area (Å²) in [4.78, 5) is 6.02. The van der Waals surface area contributed by atoms with E-state index in [0.29, 0.717) is 12.5 Å². The average molecular weight is 214 g/mol. The Morgan fingerprint density at radius 1 is 1.57 bits per heavy atom. The normalized spacial score (nSPS) is 28.0. The maximum atomic E-state index is 9.59. The molecule has 78 valence electrons. The van der Waals surface area contributed by atoms with E-state index < -0.39 is 0 Å². The van der Waals surface area contributed by atoms with Gasteiger partial charge in [-0.3, -0.25) is 0 Å². The van der Waals surface area contributed by atoms with Crippen LogP contribution in [-0.4, -0.2) is 34.4 Å². The Labute approximate surface area is 86.8 Å². The lowest BCUT2D eigenvalue weighted by molar-refractivity contribution is 0.132. The van der Waals surface area contributed by atoms with Crippen LogP contribution in [0.25, 0.3) is 0 Å². The number of hydrogen-bond acceptors (Lipinski definition) is 5. The Bertz CT molecular complexity index is 306. The summed E-state index contributed by atoms with van der Waals surface area (Å²) < 4.78 is 0. The van der Waals surface area contributed by atoms with Crippen molar-refractivity contribution in [2.75, 3.05) is 18.0 Å². The maximum absolute atomic E-state index is 9.59. The van der Waals surface area contributed by atoms with Crippen LogP contribution >= 0.6 is 11.3 Å². The predicted molar refractivity (Wildman–Crippen MR) is 55.8 cm³/mol. The molecule has 2 N–H and O–H groups in total. The largest absolute Gasteiger partial charge is 0.493 e. The SMILES string of the molecule is C[C@@H]1C[C@H](O)CN(c2nc(O)cs2)C1. The lowest BCUT2D eigenvalue weighted by Crippen LogP contribution is -2.42. The molecule has 14 heavy (non-hydrogen) atoms. The van der Waals surface area contributed by atoms with Gasteiger partial charge in [0.2, 0.25) is 5.88 Å². The Morgan fingerprint density at radius 3 is 2.93 bits per heavy atom. The summed E-state index contributed by atoms with van der Waals surface area (Å²) in [7, 11) is 0. The summed E-state index contributed by atoms with van der Waals surface area (Å²) >= 11 is 1.41. The van der Waals surface area contributed by atoms with Gasteiger partial charge in [0, 0.05) is 13.1 Å². The Kier molecular flexibility index (Phi) is 2.60. The molecule has 4 nitrogen and oxygen atoms in total. The summed E-state index contributed by atoms with van der Waals surface area (Å²) in [6.45, 7) is 3.64. The predicted octanol–water partition coefficient (Wildman–Crippen LogP) is 1.06. The van der Waals surface area contributed by atoms with Crippen LogP contribution in [0.5, 0.6) is 5.88 Å². The molecule has 5 heteroatoms. The molecule has 2 atom stereocenters. The van der Waals surface area contributed by atoms with Gasteiger partial charge >= 0.3 is 0 Å². The molecule has 0 aromatic carbocycles. The zero-order valence-electron chi connectivity index (χ0n) is 8.05. The first-order chi connectivity index (χ1) is 6.65. The molecule has 0 saturated carbocycles. The van der Waals surface area contributed by atoms with Gasteiger partial charge in [-0.05, 0) is 12.3 Å². The molecule has 1 aromatic heterocycles. The summed E-state index contributed by atoms with van der Waals surface area (Å²) in [5, 5.41) is 21.1. The van der Waals surface area contributed by atoms with E-state index in [9.17, 15) is 5.11 Å². The molecule has 0 radical (unpaired) electrons. The number of piperidine rings is 1. The molecule has 1 saturated heterocycles. The number of rotatable bonds is 1. The summed E-state index contributed by atoms with van der Waals surface area (Å²) in [6, 6.07) is 0. The van der Waals surface area contributed by atoms with Crippen molar-refractivity contribution in [3.8, 4) is 5.88 Å². The molecular formula is C9H14N2O2S. The molecule has 0 spiro atoms. The van der Waals surface area contributed by atoms with Crippen LogP contribution in [-0.2, 0) is 0 Å². The third-order valence-electron chi connectivity index (χ3n) is 2.39. The Morgan fingerprint density at radius 2 is 2.36 bits per heavy atom. The second-order valence-corrected chi connectivity index (χ2v) is 4.72. The first kappa shape index (κ1) is 9.73. The van der Waals surface area contributed by atoms with Gasteiger partial charge in [0.15, 0.2) is 5.13 Å². The number of β-amino-alcohol motifs (C(OH)–C–C–N with tert-alkyl or cyclic N) is 1. The van der Waals surface area contributed by atoms with Crippen molar-refractivity contribution in [1.82, 2.24) is 4.98 Å². The van der Waals surface area contributed by atoms with E-state index >= 15 is 0 Å². The number of aliphatic hydroxyl groups is 1. The third-order valence-corrected chi connectivity index (χ3v) is 3.28. The Balaban J connectivity index is 2.10. The fourth-order valence-electron chi connectivity index (χ4n) is 1.88. The average Bonchev–Trinajstić information content (AvgIpc) is 2.50. The molecule has 0 amide bonds. The zero-order chi connectivity index (χ0) is 10.1. The highest BCUT2D eigenvalue weighted by atomic mass is 32.1. The van der Waals surface area contributed by atoms with Crippen LogP contribution in [0.1, 0.15) is 13.3 Å². The topological polar surface area (TPSA) is 56.6 Å². The first-order valence-corrected chi connectivity index (χ1v) is 5.60. The molecular weight excluding hydrogens is 200 g/mol. The second-order valence-electron chi connectivity index (χ2n) is 3.89. The van der Waals surface area contributed by atoms with Gasteiger partial charge in [-0.2, -0.15) is 4.98 Å². The highest BCUT2D eigenvalue weighted by molar-refractivity contribution is 7.13. The zero-order valence-corrected chi connectivity index (χ0v) is 8.87. The summed E-state index contributed by atoms with van der Waals surface area (Å²) in [5.41, 5.74) is 0. The Hall–Kier alpha value is -0.810. The molecule has 1 fully saturated rings. The van der Waals surface area contributed by atoms with Crippen LogP contribution in [0.3, 0.4) is 0 Å². The first-order valence-electron chi connectivity index (χ1n) is 4.72. The molecule has 1 aliphatic rings. The van der Waals surface area contributed by atoms with Crippen molar-refractivity contribution >= 4 is 16.5 Å². The lowest BCUT2D eigenvalue weighted by Gasteiger charge is -2.33. The quantitative estimate of drug-likeness (QED) is 0.734. The van der Waals surface area contributed by atoms with Crippen molar-refractivity contribution in [2.45, 2.75) is 19.4 Å². The minimum absolute atomic E-state index is 0.0673. The molecule has 0 bridgehead atoms. The number of aromatic hydroxyl groups is 1. The van der Waals surface area contributed by atoms with Gasteiger partial charge < -0.3 is 15.1 Å². The van der Waals surface area contributed by atoms with E-state index in [1.807, 2.05) is 4.90 Å². The lowest BCUT2D eigenvalue weighted by atomic mass is 9.98. The third kappa shape index (κ3) is 1.99. The van der Waals surface area contributed by atoms with Crippen molar-refractivity contribution < 1.29 is 10.2 Å². The van der Waals surface area contributed by atoms with E-state index in [1.54, 1.807) is 5.38 Å². The molecule has 2 heterocycles. The number of aliphatic hydroxyl groups excluding tert-OH is 1. The molecule has 0 unspecified atom stereocenters. The second kappa shape index (κ2) is 3.74. The van der Waals surface area contributed by atoms with E-state index in [1.165, 1.54) is 11.3 Å². The van der Waals surface area contributed by atoms with Gasteiger partial charge in [0.1, 0.15) is 0 Å². The fraction of sp³-hybridized carbons (Fsp3) is 0.667. The minimum Gasteiger partial charge on any atom is -0.493 e. The van der Waals surface area contributed by atoms with E-state index in [4.69, 9.17) is 5.11 Å². The highest BCUT2D eigenvalue weighted by Crippen LogP contribution is 2.28. The minimum atomic E-state index is -0.273. The summed E-state index contributed by atoms with van der Waals surface area (Å²) in [5.74, 6) is 0.544. The van der Waals surface area contributed by atoms with Crippen molar-refractivity contribution in [1.29, 1.82) is 0 Å². The van der Waals surface area contributed by atoms with E-state index in [-0.39, 0.29) is 12.0 Å². The number of aromatic nitrogens is 1. The monoisotopic (exact) mass is 214 g/mol.